The van der Waals surface area contributed by atoms with Gasteiger partial charge in [0, 0.05) is 13.0 Å². The van der Waals surface area contributed by atoms with E-state index in [0.29, 0.717) is 6.54 Å². The maximum atomic E-state index is 11.6. The zero-order chi connectivity index (χ0) is 11.6. The molecule has 2 amide bonds. The molecule has 0 saturated carbocycles. The molecular weight excluding hydrogens is 218 g/mol. The Morgan fingerprint density at radius 3 is 2.67 bits per heavy atom. The zero-order valence-corrected chi connectivity index (χ0v) is 9.41. The molecule has 0 spiro atoms. The van der Waals surface area contributed by atoms with Gasteiger partial charge < -0.3 is 5.11 Å². The first-order valence-corrected chi connectivity index (χ1v) is 5.64. The van der Waals surface area contributed by atoms with E-state index in [0.717, 1.165) is 11.8 Å². The lowest BCUT2D eigenvalue weighted by atomic mass is 10.3. The molecule has 1 fully saturated rings. The number of carboxylic acids is 1. The molecule has 1 aliphatic heterocycles. The average Bonchev–Trinajstić information content (AvgIpc) is 2.41. The molecule has 84 valence electrons. The summed E-state index contributed by atoms with van der Waals surface area (Å²) in [5.74, 6) is -1.44. The number of carbonyl (C=O) groups excluding carboxylic acids is 2. The van der Waals surface area contributed by atoms with Gasteiger partial charge in [-0.05, 0) is 13.8 Å². The Balaban J connectivity index is 2.63. The first kappa shape index (κ1) is 12.0. The highest BCUT2D eigenvalue weighted by Crippen LogP contribution is 2.28. The maximum Gasteiger partial charge on any atom is 0.316 e. The van der Waals surface area contributed by atoms with Gasteiger partial charge in [0.05, 0.1) is 5.25 Å². The minimum absolute atomic E-state index is 0.120. The second-order valence-corrected chi connectivity index (χ2v) is 4.83. The second kappa shape index (κ2) is 4.65. The van der Waals surface area contributed by atoms with Crippen LogP contribution in [0.1, 0.15) is 20.3 Å². The molecule has 0 radical (unpaired) electrons. The molecule has 1 aliphatic rings. The van der Waals surface area contributed by atoms with Crippen LogP contribution in [0.25, 0.3) is 0 Å². The van der Waals surface area contributed by atoms with Crippen LogP contribution in [0.5, 0.6) is 0 Å². The lowest BCUT2D eigenvalue weighted by Gasteiger charge is -2.13. The monoisotopic (exact) mass is 231 g/mol. The molecule has 1 rings (SSSR count). The molecule has 0 aromatic carbocycles. The highest BCUT2D eigenvalue weighted by Gasteiger charge is 2.39. The van der Waals surface area contributed by atoms with Gasteiger partial charge in [-0.3, -0.25) is 19.3 Å². The van der Waals surface area contributed by atoms with E-state index in [2.05, 4.69) is 0 Å². The molecule has 5 nitrogen and oxygen atoms in total. The highest BCUT2D eigenvalue weighted by molar-refractivity contribution is 8.01. The molecule has 0 bridgehead atoms. The summed E-state index contributed by atoms with van der Waals surface area (Å²) in [6.07, 6.45) is 0.120. The molecule has 15 heavy (non-hydrogen) atoms. The fourth-order valence-corrected chi connectivity index (χ4v) is 2.49. The number of rotatable bonds is 4. The molecule has 6 heteroatoms. The summed E-state index contributed by atoms with van der Waals surface area (Å²) in [5.41, 5.74) is 0. The first-order chi connectivity index (χ1) is 6.97. The van der Waals surface area contributed by atoms with Crippen LogP contribution in [-0.2, 0) is 14.4 Å². The van der Waals surface area contributed by atoms with Crippen molar-refractivity contribution in [3.8, 4) is 0 Å². The van der Waals surface area contributed by atoms with E-state index in [4.69, 9.17) is 5.11 Å². The predicted molar refractivity (Wildman–Crippen MR) is 55.5 cm³/mol. The van der Waals surface area contributed by atoms with Crippen molar-refractivity contribution in [3.63, 3.8) is 0 Å². The first-order valence-electron chi connectivity index (χ1n) is 4.69. The van der Waals surface area contributed by atoms with E-state index in [-0.39, 0.29) is 18.2 Å². The number of amides is 2. The molecule has 0 aliphatic carbocycles. The molecule has 1 heterocycles. The summed E-state index contributed by atoms with van der Waals surface area (Å²) in [6.45, 7) is 3.60. The molecule has 0 aromatic heterocycles. The van der Waals surface area contributed by atoms with Gasteiger partial charge in [0.15, 0.2) is 0 Å². The summed E-state index contributed by atoms with van der Waals surface area (Å²) in [7, 11) is 0. The van der Waals surface area contributed by atoms with Crippen molar-refractivity contribution in [2.75, 3.05) is 6.54 Å². The van der Waals surface area contributed by atoms with Gasteiger partial charge in [-0.1, -0.05) is 0 Å². The third kappa shape index (κ3) is 2.50. The number of likely N-dealkylation sites (tertiary alicyclic amines) is 1. The van der Waals surface area contributed by atoms with Gasteiger partial charge in [-0.15, -0.1) is 11.8 Å². The van der Waals surface area contributed by atoms with Crippen LogP contribution in [0.15, 0.2) is 0 Å². The predicted octanol–water partition coefficient (Wildman–Crippen LogP) is 0.340. The van der Waals surface area contributed by atoms with Crippen molar-refractivity contribution < 1.29 is 19.5 Å². The zero-order valence-electron chi connectivity index (χ0n) is 8.60. The van der Waals surface area contributed by atoms with Crippen LogP contribution in [0.4, 0.5) is 0 Å². The Morgan fingerprint density at radius 2 is 2.27 bits per heavy atom. The smallest absolute Gasteiger partial charge is 0.316 e. The van der Waals surface area contributed by atoms with Gasteiger partial charge in [-0.2, -0.15) is 0 Å². The van der Waals surface area contributed by atoms with Crippen molar-refractivity contribution in [3.05, 3.63) is 0 Å². The summed E-state index contributed by atoms with van der Waals surface area (Å²) in [5, 5.41) is 7.50. The normalized spacial score (nSPS) is 23.3. The van der Waals surface area contributed by atoms with Crippen LogP contribution >= 0.6 is 11.8 Å². The number of carbonyl (C=O) groups is 3. The minimum atomic E-state index is -0.963. The second-order valence-electron chi connectivity index (χ2n) is 3.29. The van der Waals surface area contributed by atoms with Gasteiger partial charge in [0.1, 0.15) is 5.25 Å². The Morgan fingerprint density at radius 1 is 1.67 bits per heavy atom. The van der Waals surface area contributed by atoms with Crippen molar-refractivity contribution in [1.82, 2.24) is 4.90 Å². The highest BCUT2D eigenvalue weighted by atomic mass is 32.2. The summed E-state index contributed by atoms with van der Waals surface area (Å²) < 4.78 is 0. The van der Waals surface area contributed by atoms with E-state index >= 15 is 0 Å². The summed E-state index contributed by atoms with van der Waals surface area (Å²) in [6, 6.07) is 0. The molecule has 0 aromatic rings. The fraction of sp³-hybridized carbons (Fsp3) is 0.667. The number of aliphatic carboxylic acids is 1. The Kier molecular flexibility index (Phi) is 3.73. The number of hydrogen-bond donors (Lipinski definition) is 1. The fourth-order valence-electron chi connectivity index (χ4n) is 1.40. The van der Waals surface area contributed by atoms with Crippen molar-refractivity contribution >= 4 is 29.5 Å². The lowest BCUT2D eigenvalue weighted by molar-refractivity contribution is -0.138. The number of carboxylic acid groups (broad SMARTS) is 1. The van der Waals surface area contributed by atoms with Crippen LogP contribution < -0.4 is 0 Å². The molecule has 2 atom stereocenters. The Labute approximate surface area is 91.8 Å². The van der Waals surface area contributed by atoms with Gasteiger partial charge >= 0.3 is 5.97 Å². The molecule has 1 saturated heterocycles. The standard InChI is InChI=1S/C9H13NO4S/c1-3-10-7(11)4-6(8(10)12)15-5(2)9(13)14/h5-6H,3-4H2,1-2H3,(H,13,14). The summed E-state index contributed by atoms with van der Waals surface area (Å²) >= 11 is 1.03. The third-order valence-corrected chi connectivity index (χ3v) is 3.54. The summed E-state index contributed by atoms with van der Waals surface area (Å²) in [4.78, 5) is 34.7. The Hall–Kier alpha value is -1.04. The molecule has 1 N–H and O–H groups in total. The van der Waals surface area contributed by atoms with E-state index in [1.165, 1.54) is 11.8 Å². The SMILES string of the molecule is CCN1C(=O)CC(SC(C)C(=O)O)C1=O. The van der Waals surface area contributed by atoms with Crippen molar-refractivity contribution in [1.29, 1.82) is 0 Å². The van der Waals surface area contributed by atoms with Crippen LogP contribution in [0.3, 0.4) is 0 Å². The van der Waals surface area contributed by atoms with E-state index in [1.807, 2.05) is 0 Å². The molecular formula is C9H13NO4S. The number of hydrogen-bond acceptors (Lipinski definition) is 4. The van der Waals surface area contributed by atoms with Crippen molar-refractivity contribution in [2.45, 2.75) is 30.8 Å². The van der Waals surface area contributed by atoms with Crippen molar-refractivity contribution in [2.24, 2.45) is 0 Å². The van der Waals surface area contributed by atoms with Gasteiger partial charge in [0.2, 0.25) is 11.8 Å². The van der Waals surface area contributed by atoms with Gasteiger partial charge in [-0.25, -0.2) is 0 Å². The number of nitrogens with zero attached hydrogens (tertiary/aromatic N) is 1. The number of imide groups is 1. The van der Waals surface area contributed by atoms with E-state index in [1.54, 1.807) is 6.92 Å². The van der Waals surface area contributed by atoms with E-state index < -0.39 is 16.5 Å². The average molecular weight is 231 g/mol. The van der Waals surface area contributed by atoms with Gasteiger partial charge in [0.25, 0.3) is 0 Å². The van der Waals surface area contributed by atoms with E-state index in [9.17, 15) is 14.4 Å². The number of thioether (sulfide) groups is 1. The van der Waals surface area contributed by atoms with Crippen LogP contribution in [0, 0.1) is 0 Å². The maximum absolute atomic E-state index is 11.6. The minimum Gasteiger partial charge on any atom is -0.480 e. The van der Waals surface area contributed by atoms with Crippen LogP contribution in [-0.4, -0.2) is 44.8 Å². The molecule has 2 unspecified atom stereocenters. The largest absolute Gasteiger partial charge is 0.480 e. The third-order valence-electron chi connectivity index (χ3n) is 2.23. The quantitative estimate of drug-likeness (QED) is 0.706. The van der Waals surface area contributed by atoms with Crippen LogP contribution in [0.2, 0.25) is 0 Å². The topological polar surface area (TPSA) is 74.7 Å². The Bertz CT molecular complexity index is 304. The lowest BCUT2D eigenvalue weighted by Crippen LogP contribution is -2.31.